The highest BCUT2D eigenvalue weighted by Crippen LogP contribution is 2.22. The van der Waals surface area contributed by atoms with Gasteiger partial charge in [0.15, 0.2) is 0 Å². The first-order valence-electron chi connectivity index (χ1n) is 5.48. The summed E-state index contributed by atoms with van der Waals surface area (Å²) in [5.41, 5.74) is 0.652. The first-order valence-corrected chi connectivity index (χ1v) is 5.86. The average molecular weight is 306 g/mol. The maximum absolute atomic E-state index is 11.9. The van der Waals surface area contributed by atoms with E-state index in [1.54, 1.807) is 0 Å². The molecule has 20 heavy (non-hydrogen) atoms. The number of likely N-dealkylation sites (N-methyl/N-ethyl adjacent to an activating group) is 1. The van der Waals surface area contributed by atoms with Crippen molar-refractivity contribution in [3.63, 3.8) is 0 Å². The van der Waals surface area contributed by atoms with Crippen LogP contribution in [-0.4, -0.2) is 32.2 Å². The van der Waals surface area contributed by atoms with E-state index in [2.05, 4.69) is 0 Å². The van der Waals surface area contributed by atoms with Gasteiger partial charge in [-0.3, -0.25) is 4.79 Å². The number of hydrogen-bond acceptors (Lipinski definition) is 3. The fourth-order valence-electron chi connectivity index (χ4n) is 1.38. The predicted octanol–water partition coefficient (Wildman–Crippen LogP) is 2.33. The van der Waals surface area contributed by atoms with Crippen molar-refractivity contribution in [3.8, 4) is 6.07 Å². The van der Waals surface area contributed by atoms with Crippen LogP contribution in [0.3, 0.4) is 0 Å². The van der Waals surface area contributed by atoms with Crippen molar-refractivity contribution in [3.05, 3.63) is 28.8 Å². The first-order chi connectivity index (χ1) is 9.24. The number of anilines is 1. The maximum atomic E-state index is 11.9. The molecule has 0 heterocycles. The quantitative estimate of drug-likeness (QED) is 0.929. The third kappa shape index (κ3) is 4.72. The Bertz CT molecular complexity index is 540. The number of carbonyl (C=O) groups is 1. The van der Waals surface area contributed by atoms with E-state index in [0.717, 1.165) is 4.90 Å². The summed E-state index contributed by atoms with van der Waals surface area (Å²) in [6, 6.07) is 6.20. The summed E-state index contributed by atoms with van der Waals surface area (Å²) in [4.78, 5) is 12.8. The minimum atomic E-state index is -4.36. The fourth-order valence-corrected chi connectivity index (χ4v) is 1.59. The Labute approximate surface area is 118 Å². The number of carbonyl (C=O) groups excluding carboxylic acids is 1. The minimum Gasteiger partial charge on any atom is -0.314 e. The van der Waals surface area contributed by atoms with Crippen LogP contribution < -0.4 is 10.2 Å². The summed E-state index contributed by atoms with van der Waals surface area (Å²) < 4.78 is 35.8. The highest BCUT2D eigenvalue weighted by molar-refractivity contribution is 6.32. The van der Waals surface area contributed by atoms with Gasteiger partial charge >= 0.3 is 6.18 Å². The van der Waals surface area contributed by atoms with Crippen molar-refractivity contribution >= 4 is 23.2 Å². The molecule has 0 spiro atoms. The Morgan fingerprint density at radius 2 is 2.15 bits per heavy atom. The predicted molar refractivity (Wildman–Crippen MR) is 68.5 cm³/mol. The molecule has 0 atom stereocenters. The van der Waals surface area contributed by atoms with Crippen LogP contribution in [0.4, 0.5) is 18.9 Å². The highest BCUT2D eigenvalue weighted by Gasteiger charge is 2.26. The molecule has 1 rings (SSSR count). The van der Waals surface area contributed by atoms with Crippen LogP contribution in [0.15, 0.2) is 18.2 Å². The van der Waals surface area contributed by atoms with E-state index in [-0.39, 0.29) is 10.6 Å². The van der Waals surface area contributed by atoms with Crippen LogP contribution in [0, 0.1) is 11.3 Å². The van der Waals surface area contributed by atoms with Gasteiger partial charge in [0, 0.05) is 12.7 Å². The van der Waals surface area contributed by atoms with Crippen LogP contribution in [0.5, 0.6) is 0 Å². The molecular weight excluding hydrogens is 295 g/mol. The highest BCUT2D eigenvalue weighted by atomic mass is 35.5. The molecule has 0 unspecified atom stereocenters. The second-order valence-corrected chi connectivity index (χ2v) is 4.35. The second-order valence-electron chi connectivity index (χ2n) is 3.95. The number of nitriles is 1. The number of hydrogen-bond donors (Lipinski definition) is 1. The molecule has 0 aliphatic carbocycles. The monoisotopic (exact) mass is 305 g/mol. The van der Waals surface area contributed by atoms with Crippen molar-refractivity contribution in [2.75, 3.05) is 25.0 Å². The third-order valence-electron chi connectivity index (χ3n) is 2.44. The molecule has 0 radical (unpaired) electrons. The molecule has 108 valence electrons. The van der Waals surface area contributed by atoms with Gasteiger partial charge < -0.3 is 10.2 Å². The van der Waals surface area contributed by atoms with Crippen LogP contribution in [0.25, 0.3) is 0 Å². The molecule has 0 saturated carbocycles. The molecule has 0 aliphatic heterocycles. The molecule has 1 amide bonds. The Morgan fingerprint density at radius 3 is 2.65 bits per heavy atom. The number of nitrogens with one attached hydrogen (secondary N) is 1. The van der Waals surface area contributed by atoms with Crippen molar-refractivity contribution in [1.82, 2.24) is 5.32 Å². The Hall–Kier alpha value is -1.78. The van der Waals surface area contributed by atoms with E-state index < -0.39 is 25.2 Å². The molecule has 8 heteroatoms. The SMILES string of the molecule is CN(C(=O)CNCC(F)(F)F)c1ccc(C#N)c(Cl)c1. The summed E-state index contributed by atoms with van der Waals surface area (Å²) in [5, 5.41) is 10.9. The Kier molecular flexibility index (Phi) is 5.36. The molecule has 1 aromatic rings. The topological polar surface area (TPSA) is 56.1 Å². The average Bonchev–Trinajstić information content (AvgIpc) is 2.36. The molecule has 1 N–H and O–H groups in total. The normalized spacial score (nSPS) is 11.0. The molecule has 0 fully saturated rings. The van der Waals surface area contributed by atoms with Crippen molar-refractivity contribution in [2.45, 2.75) is 6.18 Å². The second kappa shape index (κ2) is 6.59. The third-order valence-corrected chi connectivity index (χ3v) is 2.75. The van der Waals surface area contributed by atoms with E-state index in [9.17, 15) is 18.0 Å². The van der Waals surface area contributed by atoms with Crippen molar-refractivity contribution in [2.24, 2.45) is 0 Å². The molecule has 0 bridgehead atoms. The van der Waals surface area contributed by atoms with E-state index in [1.807, 2.05) is 11.4 Å². The number of benzene rings is 1. The number of halogens is 4. The van der Waals surface area contributed by atoms with Crippen molar-refractivity contribution < 1.29 is 18.0 Å². The van der Waals surface area contributed by atoms with Gasteiger partial charge in [-0.1, -0.05) is 11.6 Å². The van der Waals surface area contributed by atoms with Crippen LogP contribution in [0.1, 0.15) is 5.56 Å². The van der Waals surface area contributed by atoms with Crippen molar-refractivity contribution in [1.29, 1.82) is 5.26 Å². The zero-order chi connectivity index (χ0) is 15.3. The van der Waals surface area contributed by atoms with Gasteiger partial charge in [0.25, 0.3) is 0 Å². The number of rotatable bonds is 4. The van der Waals surface area contributed by atoms with Gasteiger partial charge in [0.2, 0.25) is 5.91 Å². The lowest BCUT2D eigenvalue weighted by Gasteiger charge is -2.18. The molecule has 1 aromatic carbocycles. The summed E-state index contributed by atoms with van der Waals surface area (Å²) >= 11 is 5.82. The number of alkyl halides is 3. The lowest BCUT2D eigenvalue weighted by Crippen LogP contribution is -2.39. The summed E-state index contributed by atoms with van der Waals surface area (Å²) in [7, 11) is 1.41. The summed E-state index contributed by atoms with van der Waals surface area (Å²) in [6.07, 6.45) is -4.36. The van der Waals surface area contributed by atoms with Gasteiger partial charge in [0.1, 0.15) is 6.07 Å². The van der Waals surface area contributed by atoms with Crippen LogP contribution in [-0.2, 0) is 4.79 Å². The van der Waals surface area contributed by atoms with Gasteiger partial charge in [-0.2, -0.15) is 18.4 Å². The Balaban J connectivity index is 2.66. The van der Waals surface area contributed by atoms with E-state index >= 15 is 0 Å². The molecule has 4 nitrogen and oxygen atoms in total. The zero-order valence-electron chi connectivity index (χ0n) is 10.5. The zero-order valence-corrected chi connectivity index (χ0v) is 11.2. The molecule has 0 aliphatic rings. The molecule has 0 saturated heterocycles. The summed E-state index contributed by atoms with van der Waals surface area (Å²) in [5.74, 6) is -0.546. The standard InChI is InChI=1S/C12H11ClF3N3O/c1-19(11(20)6-18-7-12(14,15)16)9-3-2-8(5-17)10(13)4-9/h2-4,18H,6-7H2,1H3. The molecule has 0 aromatic heterocycles. The van der Waals surface area contributed by atoms with Crippen LogP contribution >= 0.6 is 11.6 Å². The number of nitrogens with zero attached hydrogens (tertiary/aromatic N) is 2. The van der Waals surface area contributed by atoms with Gasteiger partial charge in [-0.25, -0.2) is 0 Å². The molecular formula is C12H11ClF3N3O. The van der Waals surface area contributed by atoms with Gasteiger partial charge in [-0.05, 0) is 18.2 Å². The van der Waals surface area contributed by atoms with Gasteiger partial charge in [-0.15, -0.1) is 0 Å². The van der Waals surface area contributed by atoms with E-state index in [0.29, 0.717) is 5.69 Å². The smallest absolute Gasteiger partial charge is 0.314 e. The lowest BCUT2D eigenvalue weighted by atomic mass is 10.2. The fraction of sp³-hybridized carbons (Fsp3) is 0.333. The van der Waals surface area contributed by atoms with E-state index in [1.165, 1.54) is 25.2 Å². The minimum absolute atomic E-state index is 0.174. The van der Waals surface area contributed by atoms with Gasteiger partial charge in [0.05, 0.1) is 23.7 Å². The maximum Gasteiger partial charge on any atom is 0.401 e. The Morgan fingerprint density at radius 1 is 1.50 bits per heavy atom. The van der Waals surface area contributed by atoms with E-state index in [4.69, 9.17) is 16.9 Å². The first kappa shape index (κ1) is 16.3. The largest absolute Gasteiger partial charge is 0.401 e. The number of amides is 1. The summed E-state index contributed by atoms with van der Waals surface area (Å²) in [6.45, 7) is -1.69. The van der Waals surface area contributed by atoms with Crippen LogP contribution in [0.2, 0.25) is 5.02 Å². The lowest BCUT2D eigenvalue weighted by molar-refractivity contribution is -0.127.